The van der Waals surface area contributed by atoms with Gasteiger partial charge >= 0.3 is 5.97 Å². The van der Waals surface area contributed by atoms with Crippen molar-refractivity contribution in [1.82, 2.24) is 4.98 Å². The second-order valence-electron chi connectivity index (χ2n) is 11.3. The van der Waals surface area contributed by atoms with E-state index < -0.39 is 0 Å². The maximum absolute atomic E-state index is 11.5. The maximum atomic E-state index is 11.5. The molecule has 0 radical (unpaired) electrons. The highest BCUT2D eigenvalue weighted by Gasteiger charge is 2.58. The topological polar surface area (TPSA) is 39.2 Å². The van der Waals surface area contributed by atoms with Gasteiger partial charge in [0.1, 0.15) is 6.10 Å². The van der Waals surface area contributed by atoms with Gasteiger partial charge in [-0.25, -0.2) is 0 Å². The van der Waals surface area contributed by atoms with Crippen molar-refractivity contribution in [2.75, 3.05) is 0 Å². The zero-order chi connectivity index (χ0) is 20.7. The molecule has 0 amide bonds. The van der Waals surface area contributed by atoms with Crippen LogP contribution < -0.4 is 0 Å². The van der Waals surface area contributed by atoms with Gasteiger partial charge in [-0.3, -0.25) is 9.78 Å². The number of rotatable bonds is 1. The minimum absolute atomic E-state index is 0.0922. The molecule has 6 rings (SSSR count). The number of nitrogens with zero attached hydrogens (tertiary/aromatic N) is 1. The van der Waals surface area contributed by atoms with Gasteiger partial charge in [0.25, 0.3) is 0 Å². The van der Waals surface area contributed by atoms with Gasteiger partial charge in [-0.15, -0.1) is 0 Å². The van der Waals surface area contributed by atoms with Gasteiger partial charge in [-0.05, 0) is 92.1 Å². The van der Waals surface area contributed by atoms with Gasteiger partial charge in [-0.2, -0.15) is 0 Å². The highest BCUT2D eigenvalue weighted by Crippen LogP contribution is 2.64. The number of allylic oxidation sites excluding steroid dienone is 1. The molecule has 0 N–H and O–H groups in total. The molecule has 3 nitrogen and oxygen atoms in total. The first kappa shape index (κ1) is 19.1. The molecule has 6 atom stereocenters. The van der Waals surface area contributed by atoms with Crippen LogP contribution in [-0.2, 0) is 34.2 Å². The van der Waals surface area contributed by atoms with Crippen molar-refractivity contribution >= 4 is 5.97 Å². The second-order valence-corrected chi connectivity index (χ2v) is 11.3. The van der Waals surface area contributed by atoms with Crippen molar-refractivity contribution in [1.29, 1.82) is 0 Å². The zero-order valence-corrected chi connectivity index (χ0v) is 18.8. The molecule has 1 heterocycles. The average molecular weight is 406 g/mol. The van der Waals surface area contributed by atoms with Gasteiger partial charge in [-0.1, -0.05) is 31.6 Å². The third-order valence-corrected chi connectivity index (χ3v) is 9.89. The summed E-state index contributed by atoms with van der Waals surface area (Å²) >= 11 is 0. The average Bonchev–Trinajstić information content (AvgIpc) is 3.27. The van der Waals surface area contributed by atoms with Crippen molar-refractivity contribution in [3.63, 3.8) is 0 Å². The van der Waals surface area contributed by atoms with E-state index in [1.807, 2.05) is 0 Å². The summed E-state index contributed by atoms with van der Waals surface area (Å²) in [5.41, 5.74) is 8.12. The summed E-state index contributed by atoms with van der Waals surface area (Å²) < 4.78 is 5.60. The van der Waals surface area contributed by atoms with Crippen LogP contribution in [0.15, 0.2) is 17.7 Å². The highest BCUT2D eigenvalue weighted by atomic mass is 16.5. The SMILES string of the molecule is CC(=O)O[C@H]1CC[C@@]2(C)C(=CC[C@@H]3[C@@H]2CC[C@]2(C)c4nc5c(cc4C[C@@H]32)CCC5)C1. The van der Waals surface area contributed by atoms with Gasteiger partial charge in [0, 0.05) is 24.5 Å². The Kier molecular flexibility index (Phi) is 4.09. The number of hydrogen-bond donors (Lipinski definition) is 0. The van der Waals surface area contributed by atoms with E-state index >= 15 is 0 Å². The Bertz CT molecular complexity index is 948. The van der Waals surface area contributed by atoms with E-state index in [2.05, 4.69) is 26.0 Å². The third-order valence-electron chi connectivity index (χ3n) is 9.89. The summed E-state index contributed by atoms with van der Waals surface area (Å²) in [6, 6.07) is 2.54. The fourth-order valence-corrected chi connectivity index (χ4v) is 8.36. The van der Waals surface area contributed by atoms with E-state index in [1.165, 1.54) is 68.3 Å². The van der Waals surface area contributed by atoms with Crippen molar-refractivity contribution < 1.29 is 9.53 Å². The molecule has 5 aliphatic rings. The van der Waals surface area contributed by atoms with Crippen LogP contribution >= 0.6 is 0 Å². The van der Waals surface area contributed by atoms with Crippen LogP contribution in [0.3, 0.4) is 0 Å². The molecule has 3 heteroatoms. The lowest BCUT2D eigenvalue weighted by Gasteiger charge is -2.57. The molecule has 1 aromatic heterocycles. The van der Waals surface area contributed by atoms with Gasteiger partial charge < -0.3 is 4.74 Å². The summed E-state index contributed by atoms with van der Waals surface area (Å²) in [6.45, 7) is 6.60. The van der Waals surface area contributed by atoms with E-state index in [0.29, 0.717) is 5.41 Å². The molecule has 0 aliphatic heterocycles. The van der Waals surface area contributed by atoms with Crippen LogP contribution in [0.5, 0.6) is 0 Å². The molecule has 0 aromatic carbocycles. The summed E-state index contributed by atoms with van der Waals surface area (Å²) in [5.74, 6) is 2.15. The normalized spacial score (nSPS) is 41.1. The molecule has 0 unspecified atom stereocenters. The number of carbonyl (C=O) groups excluding carboxylic acids is 1. The zero-order valence-electron chi connectivity index (χ0n) is 18.8. The first-order valence-electron chi connectivity index (χ1n) is 12.3. The molecule has 0 bridgehead atoms. The fourth-order valence-electron chi connectivity index (χ4n) is 8.36. The standard InChI is InChI=1S/C27H35NO2/c1-16(29)30-20-9-11-26(2)19(15-20)7-8-21-22(26)10-12-27(3)23(21)14-18-13-17-5-4-6-24(17)28-25(18)27/h7,13,20-23H,4-6,8-12,14-15H2,1-3H3/t20-,21+,22-,23-,26-,27-/m0/s1. The predicted molar refractivity (Wildman–Crippen MR) is 117 cm³/mol. The number of aryl methyl sites for hydroxylation is 2. The Balaban J connectivity index is 1.31. The van der Waals surface area contributed by atoms with Gasteiger partial charge in [0.15, 0.2) is 0 Å². The number of hydrogen-bond acceptors (Lipinski definition) is 3. The van der Waals surface area contributed by atoms with E-state index in [-0.39, 0.29) is 17.5 Å². The number of carbonyl (C=O) groups is 1. The molecule has 1 aromatic rings. The molecular weight excluding hydrogens is 370 g/mol. The van der Waals surface area contributed by atoms with Crippen molar-refractivity contribution in [3.05, 3.63) is 40.2 Å². The minimum atomic E-state index is -0.130. The monoisotopic (exact) mass is 405 g/mol. The van der Waals surface area contributed by atoms with Gasteiger partial charge in [0.2, 0.25) is 0 Å². The number of esters is 1. The maximum Gasteiger partial charge on any atom is 0.302 e. The molecule has 0 saturated heterocycles. The van der Waals surface area contributed by atoms with Gasteiger partial charge in [0.05, 0.1) is 5.69 Å². The second kappa shape index (κ2) is 6.43. The first-order chi connectivity index (χ1) is 14.4. The fraction of sp³-hybridized carbons (Fsp3) is 0.704. The van der Waals surface area contributed by atoms with Crippen molar-refractivity contribution in [3.8, 4) is 0 Å². The number of ether oxygens (including phenoxy) is 1. The first-order valence-corrected chi connectivity index (χ1v) is 12.3. The largest absolute Gasteiger partial charge is 0.462 e. The predicted octanol–water partition coefficient (Wildman–Crippen LogP) is 5.48. The Morgan fingerprint density at radius 2 is 1.90 bits per heavy atom. The lowest BCUT2D eigenvalue weighted by molar-refractivity contribution is -0.148. The van der Waals surface area contributed by atoms with Crippen LogP contribution in [0.1, 0.15) is 88.2 Å². The molecule has 160 valence electrons. The molecule has 2 fully saturated rings. The highest BCUT2D eigenvalue weighted by molar-refractivity contribution is 5.66. The van der Waals surface area contributed by atoms with E-state index in [4.69, 9.17) is 9.72 Å². The quantitative estimate of drug-likeness (QED) is 0.459. The Morgan fingerprint density at radius 3 is 2.73 bits per heavy atom. The summed E-state index contributed by atoms with van der Waals surface area (Å²) in [7, 11) is 0. The molecular formula is C27H35NO2. The number of fused-ring (bicyclic) bond motifs is 8. The molecule has 0 spiro atoms. The lowest BCUT2D eigenvalue weighted by atomic mass is 9.48. The lowest BCUT2D eigenvalue weighted by Crippen LogP contribution is -2.51. The molecule has 30 heavy (non-hydrogen) atoms. The summed E-state index contributed by atoms with van der Waals surface area (Å²) in [5, 5.41) is 0. The van der Waals surface area contributed by atoms with Crippen LogP contribution in [-0.4, -0.2) is 17.1 Å². The Hall–Kier alpha value is -1.64. The minimum Gasteiger partial charge on any atom is -0.462 e. The number of pyridine rings is 1. The summed E-state index contributed by atoms with van der Waals surface area (Å²) in [6.07, 6.45) is 14.5. The van der Waals surface area contributed by atoms with E-state index in [9.17, 15) is 4.79 Å². The number of aromatic nitrogens is 1. The summed E-state index contributed by atoms with van der Waals surface area (Å²) in [4.78, 5) is 16.8. The third kappa shape index (κ3) is 2.56. The Labute approximate surface area is 180 Å². The van der Waals surface area contributed by atoms with Crippen LogP contribution in [0.4, 0.5) is 0 Å². The smallest absolute Gasteiger partial charge is 0.302 e. The van der Waals surface area contributed by atoms with Crippen molar-refractivity contribution in [2.24, 2.45) is 23.2 Å². The van der Waals surface area contributed by atoms with Crippen LogP contribution in [0.25, 0.3) is 0 Å². The molecule has 5 aliphatic carbocycles. The van der Waals surface area contributed by atoms with E-state index in [0.717, 1.165) is 30.6 Å². The van der Waals surface area contributed by atoms with Crippen LogP contribution in [0, 0.1) is 23.2 Å². The molecule has 2 saturated carbocycles. The van der Waals surface area contributed by atoms with Crippen LogP contribution in [0.2, 0.25) is 0 Å². The Morgan fingerprint density at radius 1 is 1.07 bits per heavy atom. The van der Waals surface area contributed by atoms with E-state index in [1.54, 1.807) is 18.1 Å². The van der Waals surface area contributed by atoms with Crippen molar-refractivity contribution in [2.45, 2.75) is 96.5 Å².